The fourth-order valence-electron chi connectivity index (χ4n) is 2.37. The van der Waals surface area contributed by atoms with E-state index < -0.39 is 0 Å². The Morgan fingerprint density at radius 1 is 1.10 bits per heavy atom. The molecule has 3 aromatic rings. The largest absolute Gasteiger partial charge is 0.494 e. The van der Waals surface area contributed by atoms with E-state index in [-0.39, 0.29) is 0 Å². The van der Waals surface area contributed by atoms with Crippen LogP contribution in [0.1, 0.15) is 12.5 Å². The molecule has 3 heteroatoms. The number of hydrogen-bond acceptors (Lipinski definition) is 3. The molecule has 1 heterocycles. The van der Waals surface area contributed by atoms with Crippen LogP contribution in [0.4, 0.5) is 0 Å². The Bertz CT molecular complexity index is 817. The van der Waals surface area contributed by atoms with Gasteiger partial charge in [-0.15, -0.1) is 0 Å². The molecule has 0 spiro atoms. The van der Waals surface area contributed by atoms with E-state index in [2.05, 4.69) is 17.1 Å². The van der Waals surface area contributed by atoms with Crippen LogP contribution in [0.25, 0.3) is 21.9 Å². The molecule has 2 aromatic carbocycles. The lowest BCUT2D eigenvalue weighted by atomic mass is 9.98. The molecule has 1 aromatic heterocycles. The number of rotatable bonds is 3. The second kappa shape index (κ2) is 5.64. The molecule has 0 bridgehead atoms. The van der Waals surface area contributed by atoms with Crippen molar-refractivity contribution in [1.29, 1.82) is 5.26 Å². The molecule has 0 aliphatic carbocycles. The van der Waals surface area contributed by atoms with E-state index in [1.54, 1.807) is 12.4 Å². The third-order valence-electron chi connectivity index (χ3n) is 3.37. The Labute approximate surface area is 123 Å². The lowest BCUT2D eigenvalue weighted by Gasteiger charge is -2.07. The van der Waals surface area contributed by atoms with Gasteiger partial charge in [-0.05, 0) is 53.8 Å². The summed E-state index contributed by atoms with van der Waals surface area (Å²) >= 11 is 0. The average molecular weight is 274 g/mol. The van der Waals surface area contributed by atoms with Crippen molar-refractivity contribution >= 4 is 10.8 Å². The third kappa shape index (κ3) is 2.56. The fraction of sp³-hybridized carbons (Fsp3) is 0.111. The molecule has 0 fully saturated rings. The molecule has 0 N–H and O–H groups in total. The van der Waals surface area contributed by atoms with Crippen LogP contribution in [-0.2, 0) is 0 Å². The van der Waals surface area contributed by atoms with Crippen molar-refractivity contribution in [3.63, 3.8) is 0 Å². The van der Waals surface area contributed by atoms with Crippen molar-refractivity contribution in [2.45, 2.75) is 6.92 Å². The van der Waals surface area contributed by atoms with Gasteiger partial charge in [0.2, 0.25) is 0 Å². The minimum Gasteiger partial charge on any atom is -0.494 e. The molecule has 0 saturated carbocycles. The van der Waals surface area contributed by atoms with Gasteiger partial charge in [-0.1, -0.05) is 12.1 Å². The number of pyridine rings is 1. The number of nitrogens with zero attached hydrogens (tertiary/aromatic N) is 2. The van der Waals surface area contributed by atoms with Crippen LogP contribution in [0.3, 0.4) is 0 Å². The molecule has 3 rings (SSSR count). The Morgan fingerprint density at radius 3 is 2.62 bits per heavy atom. The van der Waals surface area contributed by atoms with E-state index in [0.29, 0.717) is 12.2 Å². The van der Waals surface area contributed by atoms with Gasteiger partial charge in [-0.25, -0.2) is 0 Å². The van der Waals surface area contributed by atoms with Gasteiger partial charge in [0.1, 0.15) is 5.75 Å². The van der Waals surface area contributed by atoms with Crippen LogP contribution < -0.4 is 4.74 Å². The predicted molar refractivity (Wildman–Crippen MR) is 83.1 cm³/mol. The van der Waals surface area contributed by atoms with Crippen LogP contribution in [0.5, 0.6) is 5.75 Å². The number of ether oxygens (including phenoxy) is 1. The Balaban J connectivity index is 2.10. The van der Waals surface area contributed by atoms with Crippen LogP contribution in [0, 0.1) is 11.3 Å². The molecule has 3 nitrogen and oxygen atoms in total. The second-order valence-electron chi connectivity index (χ2n) is 4.69. The molecular weight excluding hydrogens is 260 g/mol. The first-order chi connectivity index (χ1) is 10.3. The van der Waals surface area contributed by atoms with E-state index in [9.17, 15) is 5.26 Å². The lowest BCUT2D eigenvalue weighted by molar-refractivity contribution is 0.340. The Kier molecular flexibility index (Phi) is 3.53. The third-order valence-corrected chi connectivity index (χ3v) is 3.37. The highest BCUT2D eigenvalue weighted by atomic mass is 16.5. The smallest absolute Gasteiger partial charge is 0.119 e. The maximum absolute atomic E-state index is 9.32. The Morgan fingerprint density at radius 2 is 1.90 bits per heavy atom. The first-order valence-corrected chi connectivity index (χ1v) is 6.83. The molecule has 0 atom stereocenters. The maximum atomic E-state index is 9.32. The highest BCUT2D eigenvalue weighted by Gasteiger charge is 2.06. The maximum Gasteiger partial charge on any atom is 0.119 e. The predicted octanol–water partition coefficient (Wildman–Crippen LogP) is 4.17. The highest BCUT2D eigenvalue weighted by molar-refractivity contribution is 5.91. The van der Waals surface area contributed by atoms with E-state index in [0.717, 1.165) is 27.6 Å². The summed E-state index contributed by atoms with van der Waals surface area (Å²) in [5.41, 5.74) is 2.73. The summed E-state index contributed by atoms with van der Waals surface area (Å²) in [6.45, 7) is 2.62. The highest BCUT2D eigenvalue weighted by Crippen LogP contribution is 2.28. The van der Waals surface area contributed by atoms with E-state index >= 15 is 0 Å². The minimum atomic E-state index is 0.643. The molecule has 21 heavy (non-hydrogen) atoms. The van der Waals surface area contributed by atoms with Crippen molar-refractivity contribution in [2.75, 3.05) is 6.61 Å². The van der Waals surface area contributed by atoms with Gasteiger partial charge >= 0.3 is 0 Å². The summed E-state index contributed by atoms with van der Waals surface area (Å²) in [7, 11) is 0. The molecule has 102 valence electrons. The van der Waals surface area contributed by atoms with Gasteiger partial charge in [-0.3, -0.25) is 4.98 Å². The molecule has 0 saturated heterocycles. The molecular formula is C18H14N2O. The normalized spacial score (nSPS) is 10.3. The fourth-order valence-corrected chi connectivity index (χ4v) is 2.37. The van der Waals surface area contributed by atoms with Crippen molar-refractivity contribution in [3.8, 4) is 22.9 Å². The summed E-state index contributed by atoms with van der Waals surface area (Å²) in [4.78, 5) is 4.09. The van der Waals surface area contributed by atoms with E-state index in [1.165, 1.54) is 0 Å². The number of benzene rings is 2. The molecule has 0 unspecified atom stereocenters. The Hall–Kier alpha value is -2.86. The van der Waals surface area contributed by atoms with Crippen LogP contribution in [0.15, 0.2) is 54.9 Å². The van der Waals surface area contributed by atoms with Crippen molar-refractivity contribution in [2.24, 2.45) is 0 Å². The van der Waals surface area contributed by atoms with Gasteiger partial charge in [0.25, 0.3) is 0 Å². The number of nitriles is 1. The quantitative estimate of drug-likeness (QED) is 0.720. The van der Waals surface area contributed by atoms with E-state index in [4.69, 9.17) is 4.74 Å². The van der Waals surface area contributed by atoms with Crippen molar-refractivity contribution in [3.05, 3.63) is 60.4 Å². The van der Waals surface area contributed by atoms with Gasteiger partial charge in [-0.2, -0.15) is 5.26 Å². The molecule has 0 aliphatic heterocycles. The summed E-state index contributed by atoms with van der Waals surface area (Å²) in [5.74, 6) is 0.853. The topological polar surface area (TPSA) is 45.9 Å². The molecule has 0 aliphatic rings. The standard InChI is InChI=1S/C18H14N2O/c1-2-21-17-5-3-13(4-6-17)15-9-14-7-8-20-12-18(14)16(10-15)11-19/h3-10,12H,2H2,1H3. The molecule has 0 radical (unpaired) electrons. The number of hydrogen-bond donors (Lipinski definition) is 0. The van der Waals surface area contributed by atoms with Crippen molar-refractivity contribution in [1.82, 2.24) is 4.98 Å². The summed E-state index contributed by atoms with van der Waals surface area (Å²) in [6, 6.07) is 16.1. The minimum absolute atomic E-state index is 0.643. The molecule has 0 amide bonds. The van der Waals surface area contributed by atoms with Gasteiger partial charge in [0, 0.05) is 17.8 Å². The van der Waals surface area contributed by atoms with Crippen LogP contribution in [-0.4, -0.2) is 11.6 Å². The first-order valence-electron chi connectivity index (χ1n) is 6.83. The first kappa shape index (κ1) is 13.1. The van der Waals surface area contributed by atoms with Gasteiger partial charge < -0.3 is 4.74 Å². The van der Waals surface area contributed by atoms with E-state index in [1.807, 2.05) is 43.3 Å². The summed E-state index contributed by atoms with van der Waals surface area (Å²) < 4.78 is 5.45. The zero-order valence-corrected chi connectivity index (χ0v) is 11.7. The zero-order valence-electron chi connectivity index (χ0n) is 11.7. The SMILES string of the molecule is CCOc1ccc(-c2cc(C#N)c3cnccc3c2)cc1. The average Bonchev–Trinajstić information content (AvgIpc) is 2.55. The monoisotopic (exact) mass is 274 g/mol. The lowest BCUT2D eigenvalue weighted by Crippen LogP contribution is -1.91. The summed E-state index contributed by atoms with van der Waals surface area (Å²) in [6.07, 6.45) is 3.47. The second-order valence-corrected chi connectivity index (χ2v) is 4.69. The van der Waals surface area contributed by atoms with Gasteiger partial charge in [0.15, 0.2) is 0 Å². The van der Waals surface area contributed by atoms with Crippen molar-refractivity contribution < 1.29 is 4.74 Å². The van der Waals surface area contributed by atoms with Gasteiger partial charge in [0.05, 0.1) is 18.2 Å². The number of aromatic nitrogens is 1. The van der Waals surface area contributed by atoms with Crippen LogP contribution >= 0.6 is 0 Å². The van der Waals surface area contributed by atoms with Crippen LogP contribution in [0.2, 0.25) is 0 Å². The summed E-state index contributed by atoms with van der Waals surface area (Å²) in [5, 5.41) is 11.2. The zero-order chi connectivity index (χ0) is 14.7. The number of fused-ring (bicyclic) bond motifs is 1.